The third-order valence-electron chi connectivity index (χ3n) is 3.78. The first kappa shape index (κ1) is 21.4. The van der Waals surface area contributed by atoms with E-state index < -0.39 is 11.7 Å². The summed E-state index contributed by atoms with van der Waals surface area (Å²) >= 11 is 0. The molecule has 1 unspecified atom stereocenters. The van der Waals surface area contributed by atoms with E-state index in [4.69, 9.17) is 4.74 Å². The molecule has 1 atom stereocenters. The van der Waals surface area contributed by atoms with Crippen LogP contribution in [-0.2, 0) is 4.74 Å². The lowest BCUT2D eigenvalue weighted by molar-refractivity contribution is 0.0194. The minimum absolute atomic E-state index is 0.246. The summed E-state index contributed by atoms with van der Waals surface area (Å²) in [6.07, 6.45) is 2.53. The number of hydrogen-bond acceptors (Lipinski definition) is 5. The Kier molecular flexibility index (Phi) is 8.86. The molecule has 6 heteroatoms. The van der Waals surface area contributed by atoms with E-state index in [0.717, 1.165) is 12.8 Å². The van der Waals surface area contributed by atoms with Gasteiger partial charge in [-0.25, -0.2) is 4.79 Å². The fraction of sp³-hybridized carbons (Fsp3) is 0.684. The number of aliphatic hydroxyl groups is 1. The largest absolute Gasteiger partial charge is 0.444 e. The van der Waals surface area contributed by atoms with Crippen LogP contribution < -0.4 is 5.32 Å². The first-order chi connectivity index (χ1) is 11.8. The average molecular weight is 351 g/mol. The van der Waals surface area contributed by atoms with Gasteiger partial charge in [-0.15, -0.1) is 0 Å². The molecule has 0 aliphatic carbocycles. The Bertz CT molecular complexity index is 494. The third-order valence-corrected chi connectivity index (χ3v) is 3.78. The number of likely N-dealkylation sites (tertiary alicyclic amines) is 1. The summed E-state index contributed by atoms with van der Waals surface area (Å²) in [5, 5.41) is 13.5. The van der Waals surface area contributed by atoms with Crippen LogP contribution in [0.2, 0.25) is 0 Å². The number of nitrogens with one attached hydrogen (secondary N) is 1. The minimum atomic E-state index is -0.611. The summed E-state index contributed by atoms with van der Waals surface area (Å²) in [5.74, 6) is 0. The van der Waals surface area contributed by atoms with Gasteiger partial charge >= 0.3 is 6.09 Å². The zero-order valence-electron chi connectivity index (χ0n) is 16.2. The highest BCUT2D eigenvalue weighted by atomic mass is 16.6. The van der Waals surface area contributed by atoms with Crippen LogP contribution in [0.25, 0.3) is 0 Å². The second-order valence-corrected chi connectivity index (χ2v) is 6.92. The Morgan fingerprint density at radius 2 is 2.00 bits per heavy atom. The van der Waals surface area contributed by atoms with Crippen LogP contribution in [0.1, 0.15) is 59.3 Å². The first-order valence-corrected chi connectivity index (χ1v) is 9.15. The van der Waals surface area contributed by atoms with Gasteiger partial charge < -0.3 is 20.1 Å². The molecule has 25 heavy (non-hydrogen) atoms. The van der Waals surface area contributed by atoms with Crippen molar-refractivity contribution >= 4 is 6.09 Å². The number of carbonyl (C=O) groups is 1. The molecule has 6 nitrogen and oxygen atoms in total. The summed E-state index contributed by atoms with van der Waals surface area (Å²) in [7, 11) is 0. The number of hydrogen-bond donors (Lipinski definition) is 2. The Balaban J connectivity index is 0.00000151. The second-order valence-electron chi connectivity index (χ2n) is 6.92. The molecule has 0 radical (unpaired) electrons. The highest BCUT2D eigenvalue weighted by Gasteiger charge is 2.26. The second kappa shape index (κ2) is 10.4. The number of aliphatic hydroxyl groups excluding tert-OH is 1. The molecule has 0 spiro atoms. The lowest BCUT2D eigenvalue weighted by atomic mass is 10.0. The van der Waals surface area contributed by atoms with Crippen molar-refractivity contribution in [3.8, 4) is 0 Å². The lowest BCUT2D eigenvalue weighted by Gasteiger charge is -2.34. The van der Waals surface area contributed by atoms with Gasteiger partial charge in [-0.05, 0) is 45.7 Å². The number of pyridine rings is 1. The molecule has 1 aromatic rings. The number of aromatic nitrogens is 1. The molecule has 1 aliphatic rings. The highest BCUT2D eigenvalue weighted by molar-refractivity contribution is 5.68. The standard InChI is InChI=1S/C17H27N3O3.C2H6/c1-17(2,3)23-16(22)20-10-7-13(8-11-20)19-12-15(21)14-6-4-5-9-18-14;1-2/h4-6,9,13,15,19,21H,7-8,10-12H2,1-3H3;1-2H3. The predicted octanol–water partition coefficient (Wildman–Crippen LogP) is 3.13. The van der Waals surface area contributed by atoms with E-state index in [2.05, 4.69) is 10.3 Å². The van der Waals surface area contributed by atoms with Crippen LogP contribution in [-0.4, -0.2) is 52.4 Å². The molecule has 2 heterocycles. The number of ether oxygens (including phenoxy) is 1. The van der Waals surface area contributed by atoms with Gasteiger partial charge in [0, 0.05) is 31.9 Å². The summed E-state index contributed by atoms with van der Waals surface area (Å²) in [6, 6.07) is 5.81. The van der Waals surface area contributed by atoms with Gasteiger partial charge in [-0.2, -0.15) is 0 Å². The summed E-state index contributed by atoms with van der Waals surface area (Å²) in [4.78, 5) is 17.9. The maximum Gasteiger partial charge on any atom is 0.410 e. The molecule has 2 rings (SSSR count). The number of amides is 1. The summed E-state index contributed by atoms with van der Waals surface area (Å²) in [6.45, 7) is 11.4. The highest BCUT2D eigenvalue weighted by Crippen LogP contribution is 2.16. The van der Waals surface area contributed by atoms with Crippen molar-refractivity contribution in [2.75, 3.05) is 19.6 Å². The van der Waals surface area contributed by atoms with Gasteiger partial charge in [-0.1, -0.05) is 19.9 Å². The molecule has 1 saturated heterocycles. The van der Waals surface area contributed by atoms with Crippen LogP contribution >= 0.6 is 0 Å². The van der Waals surface area contributed by atoms with Gasteiger partial charge in [0.05, 0.1) is 5.69 Å². The number of rotatable bonds is 4. The van der Waals surface area contributed by atoms with Gasteiger partial charge in [0.15, 0.2) is 0 Å². The van der Waals surface area contributed by atoms with E-state index >= 15 is 0 Å². The molecule has 1 fully saturated rings. The molecule has 142 valence electrons. The molecule has 1 aliphatic heterocycles. The van der Waals surface area contributed by atoms with Crippen molar-refractivity contribution in [1.29, 1.82) is 0 Å². The average Bonchev–Trinajstić information content (AvgIpc) is 2.61. The fourth-order valence-electron chi connectivity index (χ4n) is 2.55. The molecule has 1 aromatic heterocycles. The van der Waals surface area contributed by atoms with E-state index in [1.165, 1.54) is 0 Å². The van der Waals surface area contributed by atoms with Crippen LogP contribution in [0.4, 0.5) is 4.79 Å². The SMILES string of the molecule is CC.CC(C)(C)OC(=O)N1CCC(NCC(O)c2ccccn2)CC1. The van der Waals surface area contributed by atoms with Crippen molar-refractivity contribution in [1.82, 2.24) is 15.2 Å². The summed E-state index contributed by atoms with van der Waals surface area (Å²) in [5.41, 5.74) is 0.213. The Labute approximate surface area is 151 Å². The third kappa shape index (κ3) is 7.84. The molecular weight excluding hydrogens is 318 g/mol. The smallest absolute Gasteiger partial charge is 0.410 e. The fourth-order valence-corrected chi connectivity index (χ4v) is 2.55. The normalized spacial score (nSPS) is 16.6. The molecule has 0 bridgehead atoms. The molecular formula is C19H33N3O3. The van der Waals surface area contributed by atoms with Crippen molar-refractivity contribution in [2.45, 2.75) is 65.2 Å². The van der Waals surface area contributed by atoms with Crippen LogP contribution in [0.15, 0.2) is 24.4 Å². The number of nitrogens with zero attached hydrogens (tertiary/aromatic N) is 2. The van der Waals surface area contributed by atoms with Gasteiger partial charge in [0.2, 0.25) is 0 Å². The zero-order chi connectivity index (χ0) is 18.9. The van der Waals surface area contributed by atoms with Crippen LogP contribution in [0.5, 0.6) is 0 Å². The monoisotopic (exact) mass is 351 g/mol. The Morgan fingerprint density at radius 1 is 1.36 bits per heavy atom. The Hall–Kier alpha value is -1.66. The van der Waals surface area contributed by atoms with Crippen molar-refractivity contribution < 1.29 is 14.6 Å². The van der Waals surface area contributed by atoms with Gasteiger partial charge in [0.1, 0.15) is 11.7 Å². The van der Waals surface area contributed by atoms with Gasteiger partial charge in [-0.3, -0.25) is 4.98 Å². The number of piperidine rings is 1. The number of carbonyl (C=O) groups excluding carboxylic acids is 1. The predicted molar refractivity (Wildman–Crippen MR) is 99.4 cm³/mol. The molecule has 2 N–H and O–H groups in total. The van der Waals surface area contributed by atoms with E-state index in [0.29, 0.717) is 31.4 Å². The quantitative estimate of drug-likeness (QED) is 0.872. The van der Waals surface area contributed by atoms with Crippen molar-refractivity contribution in [2.24, 2.45) is 0 Å². The lowest BCUT2D eigenvalue weighted by Crippen LogP contribution is -2.47. The minimum Gasteiger partial charge on any atom is -0.444 e. The van der Waals surface area contributed by atoms with Gasteiger partial charge in [0.25, 0.3) is 0 Å². The maximum absolute atomic E-state index is 12.0. The van der Waals surface area contributed by atoms with E-state index in [9.17, 15) is 9.90 Å². The van der Waals surface area contributed by atoms with Crippen molar-refractivity contribution in [3.63, 3.8) is 0 Å². The van der Waals surface area contributed by atoms with E-state index in [1.54, 1.807) is 11.1 Å². The topological polar surface area (TPSA) is 74.7 Å². The zero-order valence-corrected chi connectivity index (χ0v) is 16.2. The summed E-state index contributed by atoms with van der Waals surface area (Å²) < 4.78 is 5.39. The van der Waals surface area contributed by atoms with E-state index in [1.807, 2.05) is 52.8 Å². The molecule has 0 saturated carbocycles. The first-order valence-electron chi connectivity index (χ1n) is 9.15. The Morgan fingerprint density at radius 3 is 2.52 bits per heavy atom. The van der Waals surface area contributed by atoms with E-state index in [-0.39, 0.29) is 6.09 Å². The maximum atomic E-state index is 12.0. The van der Waals surface area contributed by atoms with Crippen LogP contribution in [0, 0.1) is 0 Å². The molecule has 1 amide bonds. The van der Waals surface area contributed by atoms with Crippen molar-refractivity contribution in [3.05, 3.63) is 30.1 Å². The van der Waals surface area contributed by atoms with Crippen LogP contribution in [0.3, 0.4) is 0 Å². The molecule has 0 aromatic carbocycles.